The number of hydrogen-bond acceptors (Lipinski definition) is 3. The maximum atomic E-state index is 6.29. The van der Waals surface area contributed by atoms with Crippen molar-refractivity contribution in [2.75, 3.05) is 0 Å². The highest BCUT2D eigenvalue weighted by atomic mass is 35.5. The fourth-order valence-corrected chi connectivity index (χ4v) is 2.80. The SMILES string of the molecule is ClC(=Cc1cccnc1)c1nc2ccccc2s1. The lowest BCUT2D eigenvalue weighted by atomic mass is 10.2. The number of hydrogen-bond donors (Lipinski definition) is 0. The van der Waals surface area contributed by atoms with Crippen LogP contribution in [0.25, 0.3) is 21.3 Å². The van der Waals surface area contributed by atoms with Crippen LogP contribution >= 0.6 is 22.9 Å². The highest BCUT2D eigenvalue weighted by Gasteiger charge is 2.06. The van der Waals surface area contributed by atoms with Gasteiger partial charge in [-0.05, 0) is 29.8 Å². The summed E-state index contributed by atoms with van der Waals surface area (Å²) in [6, 6.07) is 11.9. The van der Waals surface area contributed by atoms with Gasteiger partial charge in [0.05, 0.1) is 15.2 Å². The minimum Gasteiger partial charge on any atom is -0.264 e. The van der Waals surface area contributed by atoms with E-state index in [2.05, 4.69) is 9.97 Å². The van der Waals surface area contributed by atoms with E-state index in [9.17, 15) is 0 Å². The molecule has 1 aromatic carbocycles. The van der Waals surface area contributed by atoms with Crippen LogP contribution in [0.3, 0.4) is 0 Å². The molecule has 0 aliphatic rings. The van der Waals surface area contributed by atoms with E-state index >= 15 is 0 Å². The van der Waals surface area contributed by atoms with Crippen molar-refractivity contribution in [3.8, 4) is 0 Å². The molecule has 0 aliphatic carbocycles. The summed E-state index contributed by atoms with van der Waals surface area (Å²) in [6.45, 7) is 0. The number of thiazole rings is 1. The number of aromatic nitrogens is 2. The zero-order valence-electron chi connectivity index (χ0n) is 9.38. The molecule has 0 saturated carbocycles. The molecule has 0 bridgehead atoms. The van der Waals surface area contributed by atoms with Crippen LogP contribution in [0.5, 0.6) is 0 Å². The molecule has 0 saturated heterocycles. The molecular formula is C14H9ClN2S. The second-order valence-electron chi connectivity index (χ2n) is 3.77. The molecule has 0 amide bonds. The van der Waals surface area contributed by atoms with Crippen LogP contribution in [0.4, 0.5) is 0 Å². The van der Waals surface area contributed by atoms with Gasteiger partial charge >= 0.3 is 0 Å². The van der Waals surface area contributed by atoms with Gasteiger partial charge in [-0.1, -0.05) is 29.8 Å². The lowest BCUT2D eigenvalue weighted by Crippen LogP contribution is -1.77. The van der Waals surface area contributed by atoms with Crippen molar-refractivity contribution < 1.29 is 0 Å². The van der Waals surface area contributed by atoms with E-state index < -0.39 is 0 Å². The van der Waals surface area contributed by atoms with Crippen LogP contribution in [0, 0.1) is 0 Å². The molecule has 0 fully saturated rings. The molecule has 18 heavy (non-hydrogen) atoms. The number of rotatable bonds is 2. The molecule has 0 spiro atoms. The second kappa shape index (κ2) is 4.88. The normalized spacial score (nSPS) is 11.9. The van der Waals surface area contributed by atoms with Gasteiger partial charge in [-0.15, -0.1) is 11.3 Å². The lowest BCUT2D eigenvalue weighted by molar-refractivity contribution is 1.32. The smallest absolute Gasteiger partial charge is 0.136 e. The molecule has 0 atom stereocenters. The van der Waals surface area contributed by atoms with Gasteiger partial charge in [-0.2, -0.15) is 0 Å². The van der Waals surface area contributed by atoms with Gasteiger partial charge in [-0.3, -0.25) is 4.98 Å². The molecule has 0 unspecified atom stereocenters. The third-order valence-corrected chi connectivity index (χ3v) is 3.95. The van der Waals surface area contributed by atoms with Crippen LogP contribution in [0.1, 0.15) is 10.6 Å². The van der Waals surface area contributed by atoms with E-state index in [0.717, 1.165) is 20.8 Å². The zero-order valence-corrected chi connectivity index (χ0v) is 10.9. The number of pyridine rings is 1. The Morgan fingerprint density at radius 2 is 2.06 bits per heavy atom. The predicted molar refractivity (Wildman–Crippen MR) is 77.6 cm³/mol. The third-order valence-electron chi connectivity index (χ3n) is 2.48. The van der Waals surface area contributed by atoms with Crippen molar-refractivity contribution in [1.29, 1.82) is 0 Å². The number of nitrogens with zero attached hydrogens (tertiary/aromatic N) is 2. The van der Waals surface area contributed by atoms with Gasteiger partial charge in [0.1, 0.15) is 5.01 Å². The summed E-state index contributed by atoms with van der Waals surface area (Å²) in [7, 11) is 0. The average molecular weight is 273 g/mol. The first kappa shape index (κ1) is 11.4. The second-order valence-corrected chi connectivity index (χ2v) is 5.20. The minimum atomic E-state index is 0.643. The standard InChI is InChI=1S/C14H9ClN2S/c15-11(8-10-4-3-7-16-9-10)14-17-12-5-1-2-6-13(12)18-14/h1-9H. The van der Waals surface area contributed by atoms with Crippen molar-refractivity contribution >= 4 is 44.3 Å². The summed E-state index contributed by atoms with van der Waals surface area (Å²) in [5.41, 5.74) is 1.96. The summed E-state index contributed by atoms with van der Waals surface area (Å²) in [6.07, 6.45) is 5.39. The first-order chi connectivity index (χ1) is 8.83. The summed E-state index contributed by atoms with van der Waals surface area (Å²) < 4.78 is 1.14. The highest BCUT2D eigenvalue weighted by molar-refractivity contribution is 7.20. The first-order valence-electron chi connectivity index (χ1n) is 5.46. The van der Waals surface area contributed by atoms with Gasteiger partial charge in [0, 0.05) is 12.4 Å². The van der Waals surface area contributed by atoms with E-state index in [0.29, 0.717) is 5.03 Å². The molecule has 0 N–H and O–H groups in total. The molecule has 0 aliphatic heterocycles. The zero-order chi connectivity index (χ0) is 12.4. The Labute approximate surface area is 114 Å². The summed E-state index contributed by atoms with van der Waals surface area (Å²) in [4.78, 5) is 8.56. The van der Waals surface area contributed by atoms with Crippen LogP contribution in [0.15, 0.2) is 48.8 Å². The predicted octanol–water partition coefficient (Wildman–Crippen LogP) is 4.43. The minimum absolute atomic E-state index is 0.643. The molecule has 88 valence electrons. The summed E-state index contributed by atoms with van der Waals surface area (Å²) >= 11 is 7.89. The monoisotopic (exact) mass is 272 g/mol. The number of para-hydroxylation sites is 1. The first-order valence-corrected chi connectivity index (χ1v) is 6.65. The van der Waals surface area contributed by atoms with Crippen molar-refractivity contribution in [1.82, 2.24) is 9.97 Å². The molecule has 2 aromatic heterocycles. The molecule has 3 aromatic rings. The molecular weight excluding hydrogens is 264 g/mol. The van der Waals surface area contributed by atoms with Crippen molar-refractivity contribution in [2.24, 2.45) is 0 Å². The quantitative estimate of drug-likeness (QED) is 0.690. The number of benzene rings is 1. The van der Waals surface area contributed by atoms with Crippen LogP contribution in [-0.2, 0) is 0 Å². The fraction of sp³-hybridized carbons (Fsp3) is 0. The third kappa shape index (κ3) is 2.28. The van der Waals surface area contributed by atoms with Crippen LogP contribution in [-0.4, -0.2) is 9.97 Å². The molecule has 2 heterocycles. The Hall–Kier alpha value is -1.71. The Morgan fingerprint density at radius 1 is 1.17 bits per heavy atom. The van der Waals surface area contributed by atoms with Gasteiger partial charge in [0.2, 0.25) is 0 Å². The van der Waals surface area contributed by atoms with Gasteiger partial charge in [-0.25, -0.2) is 4.98 Å². The largest absolute Gasteiger partial charge is 0.264 e. The Balaban J connectivity index is 2.01. The Bertz CT molecular complexity index is 671. The maximum Gasteiger partial charge on any atom is 0.136 e. The molecule has 0 radical (unpaired) electrons. The number of fused-ring (bicyclic) bond motifs is 1. The number of halogens is 1. The molecule has 3 rings (SSSR count). The lowest BCUT2D eigenvalue weighted by Gasteiger charge is -1.93. The van der Waals surface area contributed by atoms with Crippen LogP contribution in [0.2, 0.25) is 0 Å². The highest BCUT2D eigenvalue weighted by Crippen LogP contribution is 2.30. The summed E-state index contributed by atoms with van der Waals surface area (Å²) in [5, 5.41) is 1.48. The topological polar surface area (TPSA) is 25.8 Å². The maximum absolute atomic E-state index is 6.29. The van der Waals surface area contributed by atoms with Crippen molar-refractivity contribution in [2.45, 2.75) is 0 Å². The van der Waals surface area contributed by atoms with Crippen molar-refractivity contribution in [3.05, 3.63) is 59.4 Å². The van der Waals surface area contributed by atoms with E-state index in [1.54, 1.807) is 23.7 Å². The van der Waals surface area contributed by atoms with E-state index in [1.165, 1.54) is 0 Å². The van der Waals surface area contributed by atoms with Gasteiger partial charge < -0.3 is 0 Å². The Morgan fingerprint density at radius 3 is 2.83 bits per heavy atom. The Kier molecular flexibility index (Phi) is 3.09. The van der Waals surface area contributed by atoms with Crippen molar-refractivity contribution in [3.63, 3.8) is 0 Å². The fourth-order valence-electron chi connectivity index (χ4n) is 1.64. The summed E-state index contributed by atoms with van der Waals surface area (Å²) in [5.74, 6) is 0. The van der Waals surface area contributed by atoms with E-state index in [4.69, 9.17) is 11.6 Å². The molecule has 2 nitrogen and oxygen atoms in total. The average Bonchev–Trinajstić information content (AvgIpc) is 2.84. The van der Waals surface area contributed by atoms with E-state index in [1.807, 2.05) is 42.5 Å². The molecule has 4 heteroatoms. The van der Waals surface area contributed by atoms with Crippen LogP contribution < -0.4 is 0 Å². The van der Waals surface area contributed by atoms with Gasteiger partial charge in [0.25, 0.3) is 0 Å². The van der Waals surface area contributed by atoms with E-state index in [-0.39, 0.29) is 0 Å². The van der Waals surface area contributed by atoms with Gasteiger partial charge in [0.15, 0.2) is 0 Å².